The van der Waals surface area contributed by atoms with Crippen molar-refractivity contribution in [2.75, 3.05) is 0 Å². The van der Waals surface area contributed by atoms with E-state index >= 15 is 0 Å². The first-order chi connectivity index (χ1) is 15.4. The number of benzene rings is 1. The molecule has 4 nitrogen and oxygen atoms in total. The van der Waals surface area contributed by atoms with Gasteiger partial charge in [-0.25, -0.2) is 4.99 Å². The summed E-state index contributed by atoms with van der Waals surface area (Å²) in [5.74, 6) is 0. The molecule has 4 heteroatoms. The Morgan fingerprint density at radius 2 is 1.56 bits per heavy atom. The molecule has 160 valence electrons. The van der Waals surface area contributed by atoms with Crippen molar-refractivity contribution >= 4 is 11.3 Å². The molecule has 1 aliphatic rings. The fraction of sp³-hybridized carbons (Fsp3) is 0.179. The minimum Gasteiger partial charge on any atom is -0.357 e. The second-order valence-electron chi connectivity index (χ2n) is 8.81. The fourth-order valence-corrected chi connectivity index (χ4v) is 4.88. The molecular formula is C28H29N4+. The third-order valence-electron chi connectivity index (χ3n) is 6.14. The Balaban J connectivity index is 1.71. The second-order valence-corrected chi connectivity index (χ2v) is 8.81. The van der Waals surface area contributed by atoms with E-state index in [1.54, 1.807) is 0 Å². The Morgan fingerprint density at radius 3 is 2.22 bits per heavy atom. The summed E-state index contributed by atoms with van der Waals surface area (Å²) in [6, 6.07) is 15.2. The summed E-state index contributed by atoms with van der Waals surface area (Å²) in [6.45, 7) is 10.8. The van der Waals surface area contributed by atoms with E-state index in [0.29, 0.717) is 0 Å². The maximum absolute atomic E-state index is 3.70. The molecule has 0 radical (unpaired) electrons. The molecule has 0 spiro atoms. The van der Waals surface area contributed by atoms with Crippen molar-refractivity contribution < 1.29 is 4.99 Å². The van der Waals surface area contributed by atoms with Crippen LogP contribution in [0.3, 0.4) is 0 Å². The fourth-order valence-electron chi connectivity index (χ4n) is 4.88. The minimum absolute atomic E-state index is 1.08. The van der Waals surface area contributed by atoms with Gasteiger partial charge in [0.05, 0.1) is 22.7 Å². The van der Waals surface area contributed by atoms with E-state index in [-0.39, 0.29) is 0 Å². The van der Waals surface area contributed by atoms with Gasteiger partial charge in [-0.3, -0.25) is 0 Å². The molecule has 4 N–H and O–H groups in total. The van der Waals surface area contributed by atoms with Gasteiger partial charge in [0.1, 0.15) is 5.69 Å². The van der Waals surface area contributed by atoms with Gasteiger partial charge in [0.15, 0.2) is 0 Å². The molecule has 0 unspecified atom stereocenters. The summed E-state index contributed by atoms with van der Waals surface area (Å²) in [5.41, 5.74) is 15.3. The van der Waals surface area contributed by atoms with Gasteiger partial charge >= 0.3 is 0 Å². The highest BCUT2D eigenvalue weighted by molar-refractivity contribution is 6.05. The maximum Gasteiger partial charge on any atom is 0.227 e. The number of aromatic amines is 3. The largest absolute Gasteiger partial charge is 0.357 e. The summed E-state index contributed by atoms with van der Waals surface area (Å²) in [4.78, 5) is 14.1. The maximum atomic E-state index is 3.70. The van der Waals surface area contributed by atoms with Crippen LogP contribution in [0.5, 0.6) is 0 Å². The molecule has 0 fully saturated rings. The number of H-pyrrole nitrogens is 3. The van der Waals surface area contributed by atoms with Gasteiger partial charge in [0.2, 0.25) is 11.4 Å². The van der Waals surface area contributed by atoms with Crippen LogP contribution in [0.4, 0.5) is 0 Å². The first-order valence-electron chi connectivity index (χ1n) is 11.0. The van der Waals surface area contributed by atoms with Crippen LogP contribution in [-0.2, 0) is 0 Å². The third kappa shape index (κ3) is 3.48. The standard InChI is InChI=1S/C28H28N4/c1-16-13-17(2)26(18(3)14-16)27(23-9-8-22(31-23)21-7-6-12-29-21)24-10-11-25(32-24)28-19(4)15-20(5)30-28/h6-15,29-30,32H,1-5H3/p+1/b27-23+. The number of rotatable bonds is 4. The van der Waals surface area contributed by atoms with Gasteiger partial charge in [-0.1, -0.05) is 17.7 Å². The van der Waals surface area contributed by atoms with Crippen LogP contribution in [0.2, 0.25) is 0 Å². The molecule has 0 atom stereocenters. The van der Waals surface area contributed by atoms with Crippen molar-refractivity contribution in [2.24, 2.45) is 0 Å². The second kappa shape index (κ2) is 7.72. The topological polar surface area (TPSA) is 61.3 Å². The van der Waals surface area contributed by atoms with E-state index in [1.165, 1.54) is 39.1 Å². The molecule has 4 aromatic rings. The highest BCUT2D eigenvalue weighted by atomic mass is 14.8. The van der Waals surface area contributed by atoms with Crippen LogP contribution >= 0.6 is 0 Å². The number of allylic oxidation sites excluding steroid dienone is 2. The lowest BCUT2D eigenvalue weighted by atomic mass is 9.91. The Morgan fingerprint density at radius 1 is 0.781 bits per heavy atom. The molecule has 0 saturated carbocycles. The molecule has 0 aliphatic carbocycles. The summed E-state index contributed by atoms with van der Waals surface area (Å²) in [6.07, 6.45) is 6.27. The summed E-state index contributed by atoms with van der Waals surface area (Å²) in [5, 5.41) is 0. The number of hydrogen-bond donors (Lipinski definition) is 4. The zero-order chi connectivity index (χ0) is 22.4. The highest BCUT2D eigenvalue weighted by Crippen LogP contribution is 2.33. The lowest BCUT2D eigenvalue weighted by molar-refractivity contribution is -0.384. The van der Waals surface area contributed by atoms with Gasteiger partial charge < -0.3 is 15.0 Å². The van der Waals surface area contributed by atoms with Crippen molar-refractivity contribution in [1.29, 1.82) is 0 Å². The SMILES string of the molecule is Cc1cc(C)c(/C(=C2\C=CC(c3ccc[nH]3)=[NH+]2)c2ccc(-c3[nH]c(C)cc3C)[nH]2)c(C)c1. The molecule has 0 saturated heterocycles. The molecule has 3 aromatic heterocycles. The molecular weight excluding hydrogens is 392 g/mol. The smallest absolute Gasteiger partial charge is 0.227 e. The quantitative estimate of drug-likeness (QED) is 0.367. The summed E-state index contributed by atoms with van der Waals surface area (Å²) < 4.78 is 0. The summed E-state index contributed by atoms with van der Waals surface area (Å²) >= 11 is 0. The predicted molar refractivity (Wildman–Crippen MR) is 132 cm³/mol. The van der Waals surface area contributed by atoms with E-state index in [2.05, 4.69) is 103 Å². The van der Waals surface area contributed by atoms with Gasteiger partial charge in [0.25, 0.3) is 0 Å². The number of hydrogen-bond acceptors (Lipinski definition) is 0. The Bertz CT molecular complexity index is 1380. The number of nitrogens with one attached hydrogen (secondary N) is 4. The lowest BCUT2D eigenvalue weighted by Gasteiger charge is -2.14. The number of aryl methyl sites for hydroxylation is 5. The van der Waals surface area contributed by atoms with Crippen LogP contribution in [0, 0.1) is 34.6 Å². The van der Waals surface area contributed by atoms with Crippen LogP contribution in [-0.4, -0.2) is 20.7 Å². The van der Waals surface area contributed by atoms with Crippen molar-refractivity contribution in [3.63, 3.8) is 0 Å². The van der Waals surface area contributed by atoms with Gasteiger partial charge in [-0.05, 0) is 87.2 Å². The first-order valence-corrected chi connectivity index (χ1v) is 11.0. The van der Waals surface area contributed by atoms with E-state index in [9.17, 15) is 0 Å². The van der Waals surface area contributed by atoms with Crippen LogP contribution in [0.25, 0.3) is 17.0 Å². The highest BCUT2D eigenvalue weighted by Gasteiger charge is 2.25. The Labute approximate surface area is 188 Å². The first kappa shape index (κ1) is 20.1. The molecule has 0 bridgehead atoms. The van der Waals surface area contributed by atoms with Gasteiger partial charge in [-0.2, -0.15) is 0 Å². The summed E-state index contributed by atoms with van der Waals surface area (Å²) in [7, 11) is 0. The molecule has 0 amide bonds. The van der Waals surface area contributed by atoms with Crippen LogP contribution in [0.1, 0.15) is 44.9 Å². The van der Waals surface area contributed by atoms with E-state index in [1.807, 2.05) is 12.3 Å². The van der Waals surface area contributed by atoms with Gasteiger partial charge in [0, 0.05) is 24.0 Å². The zero-order valence-electron chi connectivity index (χ0n) is 19.3. The van der Waals surface area contributed by atoms with Gasteiger partial charge in [-0.15, -0.1) is 0 Å². The molecule has 4 heterocycles. The Hall–Kier alpha value is -3.79. The molecule has 32 heavy (non-hydrogen) atoms. The van der Waals surface area contributed by atoms with Crippen LogP contribution < -0.4 is 4.99 Å². The average molecular weight is 422 g/mol. The molecule has 5 rings (SSSR count). The van der Waals surface area contributed by atoms with E-state index in [0.717, 1.165) is 34.2 Å². The van der Waals surface area contributed by atoms with Crippen molar-refractivity contribution in [3.05, 3.63) is 111 Å². The zero-order valence-corrected chi connectivity index (χ0v) is 19.3. The average Bonchev–Trinajstić information content (AvgIpc) is 3.51. The minimum atomic E-state index is 1.08. The third-order valence-corrected chi connectivity index (χ3v) is 6.14. The van der Waals surface area contributed by atoms with E-state index in [4.69, 9.17) is 0 Å². The van der Waals surface area contributed by atoms with E-state index < -0.39 is 0 Å². The predicted octanol–water partition coefficient (Wildman–Crippen LogP) is 4.78. The molecule has 1 aromatic carbocycles. The molecule has 1 aliphatic heterocycles. The lowest BCUT2D eigenvalue weighted by Crippen LogP contribution is -2.68. The van der Waals surface area contributed by atoms with Crippen molar-refractivity contribution in [1.82, 2.24) is 15.0 Å². The monoisotopic (exact) mass is 421 g/mol. The Kier molecular flexibility index (Phi) is 4.86. The van der Waals surface area contributed by atoms with Crippen LogP contribution in [0.15, 0.2) is 66.5 Å². The number of aromatic nitrogens is 3. The van der Waals surface area contributed by atoms with Crippen molar-refractivity contribution in [3.8, 4) is 11.4 Å². The normalized spacial score (nSPS) is 14.8. The van der Waals surface area contributed by atoms with Crippen molar-refractivity contribution in [2.45, 2.75) is 34.6 Å².